The van der Waals surface area contributed by atoms with E-state index in [9.17, 15) is 10.1 Å². The summed E-state index contributed by atoms with van der Waals surface area (Å²) in [6.07, 6.45) is 1.30. The van der Waals surface area contributed by atoms with E-state index in [0.29, 0.717) is 11.4 Å². The molecular weight excluding hydrogens is 478 g/mol. The van der Waals surface area contributed by atoms with Gasteiger partial charge in [0.2, 0.25) is 11.6 Å². The zero-order chi connectivity index (χ0) is 26.2. The number of hydrogen-bond donors (Lipinski definition) is 2. The van der Waals surface area contributed by atoms with Gasteiger partial charge in [0.1, 0.15) is 6.33 Å². The number of aromatic nitrogens is 2. The van der Waals surface area contributed by atoms with E-state index < -0.39 is 4.92 Å². The van der Waals surface area contributed by atoms with Crippen LogP contribution in [-0.2, 0) is 0 Å². The van der Waals surface area contributed by atoms with Crippen LogP contribution in [0.15, 0.2) is 132 Å². The van der Waals surface area contributed by atoms with Crippen molar-refractivity contribution >= 4 is 34.4 Å². The second-order valence-corrected chi connectivity index (χ2v) is 8.28. The SMILES string of the molecule is O=[N+]([O-])c1c(Nc2ccc(N=Nc3ccccc3)cc2)ncnc1NC(c1ccccc1)c1ccccc1. The summed E-state index contributed by atoms with van der Waals surface area (Å²) in [5.74, 6) is 0.185. The molecule has 0 saturated heterocycles. The van der Waals surface area contributed by atoms with Crippen molar-refractivity contribution < 1.29 is 4.92 Å². The zero-order valence-electron chi connectivity index (χ0n) is 20.2. The topological polar surface area (TPSA) is 118 Å². The quantitative estimate of drug-likeness (QED) is 0.121. The number of nitrogens with one attached hydrogen (secondary N) is 2. The van der Waals surface area contributed by atoms with E-state index in [1.54, 1.807) is 24.3 Å². The monoisotopic (exact) mass is 501 g/mol. The molecule has 0 unspecified atom stereocenters. The number of nitrogens with zero attached hydrogens (tertiary/aromatic N) is 5. The molecule has 5 aromatic rings. The van der Waals surface area contributed by atoms with Gasteiger partial charge in [-0.15, -0.1) is 0 Å². The highest BCUT2D eigenvalue weighted by Gasteiger charge is 2.26. The van der Waals surface area contributed by atoms with Crippen LogP contribution < -0.4 is 10.6 Å². The average molecular weight is 502 g/mol. The minimum atomic E-state index is -0.486. The van der Waals surface area contributed by atoms with Crippen LogP contribution in [0.25, 0.3) is 0 Å². The molecule has 0 spiro atoms. The van der Waals surface area contributed by atoms with Crippen LogP contribution in [0.4, 0.5) is 34.4 Å². The van der Waals surface area contributed by atoms with E-state index in [1.165, 1.54) is 6.33 Å². The van der Waals surface area contributed by atoms with E-state index in [1.807, 2.05) is 91.0 Å². The second kappa shape index (κ2) is 11.5. The first-order chi connectivity index (χ1) is 18.7. The molecule has 186 valence electrons. The summed E-state index contributed by atoms with van der Waals surface area (Å²) in [6.45, 7) is 0. The van der Waals surface area contributed by atoms with Crippen LogP contribution in [0.3, 0.4) is 0 Å². The molecule has 0 aliphatic carbocycles. The summed E-state index contributed by atoms with van der Waals surface area (Å²) in [4.78, 5) is 20.1. The largest absolute Gasteiger partial charge is 0.353 e. The number of anilines is 3. The van der Waals surface area contributed by atoms with Crippen molar-refractivity contribution in [2.75, 3.05) is 10.6 Å². The minimum absolute atomic E-state index is 0.0750. The first kappa shape index (κ1) is 24.3. The minimum Gasteiger partial charge on any atom is -0.353 e. The molecule has 0 amide bonds. The molecule has 1 aromatic heterocycles. The lowest BCUT2D eigenvalue weighted by Crippen LogP contribution is -2.15. The maximum atomic E-state index is 12.2. The molecule has 2 N–H and O–H groups in total. The van der Waals surface area contributed by atoms with Crippen molar-refractivity contribution in [2.45, 2.75) is 6.04 Å². The third-order valence-electron chi connectivity index (χ3n) is 5.72. The Labute approximate surface area is 219 Å². The zero-order valence-corrected chi connectivity index (χ0v) is 20.2. The molecule has 5 rings (SSSR count). The standard InChI is InChI=1S/C29H23N7O2/c37-36(38)27-28(32-23-16-18-25(19-17-23)35-34-24-14-8-3-9-15-24)30-20-31-29(27)33-26(21-10-4-1-5-11-21)22-12-6-2-7-13-22/h1-20,26H,(H2,30,31,32,33). The molecule has 0 atom stereocenters. The van der Waals surface area contributed by atoms with Gasteiger partial charge in [0, 0.05) is 5.69 Å². The Balaban J connectivity index is 1.41. The number of hydrogen-bond acceptors (Lipinski definition) is 8. The van der Waals surface area contributed by atoms with Crippen molar-refractivity contribution in [2.24, 2.45) is 10.2 Å². The predicted molar refractivity (Wildman–Crippen MR) is 147 cm³/mol. The number of azo groups is 1. The summed E-state index contributed by atoms with van der Waals surface area (Å²) < 4.78 is 0. The van der Waals surface area contributed by atoms with Gasteiger partial charge in [-0.05, 0) is 47.5 Å². The summed E-state index contributed by atoms with van der Waals surface area (Å²) >= 11 is 0. The van der Waals surface area contributed by atoms with Crippen LogP contribution in [-0.4, -0.2) is 14.9 Å². The number of nitro groups is 1. The first-order valence-corrected chi connectivity index (χ1v) is 11.9. The van der Waals surface area contributed by atoms with E-state index in [0.717, 1.165) is 16.8 Å². The molecule has 0 fully saturated rings. The Morgan fingerprint density at radius 2 is 1.16 bits per heavy atom. The Morgan fingerprint density at radius 3 is 1.71 bits per heavy atom. The molecule has 1 heterocycles. The smallest absolute Gasteiger partial charge is 0.353 e. The van der Waals surface area contributed by atoms with Crippen molar-refractivity contribution in [1.82, 2.24) is 9.97 Å². The van der Waals surface area contributed by atoms with Crippen molar-refractivity contribution in [3.05, 3.63) is 143 Å². The highest BCUT2D eigenvalue weighted by atomic mass is 16.6. The molecule has 0 radical (unpaired) electrons. The lowest BCUT2D eigenvalue weighted by molar-refractivity contribution is -0.383. The molecular formula is C29H23N7O2. The molecule has 0 bridgehead atoms. The van der Waals surface area contributed by atoms with Gasteiger partial charge in [0.05, 0.1) is 22.3 Å². The lowest BCUT2D eigenvalue weighted by Gasteiger charge is -2.20. The fourth-order valence-electron chi connectivity index (χ4n) is 3.89. The van der Waals surface area contributed by atoms with Crippen molar-refractivity contribution in [1.29, 1.82) is 0 Å². The van der Waals surface area contributed by atoms with Crippen LogP contribution >= 0.6 is 0 Å². The molecule has 0 aliphatic heterocycles. The molecule has 0 saturated carbocycles. The summed E-state index contributed by atoms with van der Waals surface area (Å²) in [5, 5.41) is 26.9. The van der Waals surface area contributed by atoms with Gasteiger partial charge in [-0.2, -0.15) is 10.2 Å². The van der Waals surface area contributed by atoms with Gasteiger partial charge in [0.25, 0.3) is 0 Å². The van der Waals surface area contributed by atoms with Crippen LogP contribution in [0.2, 0.25) is 0 Å². The van der Waals surface area contributed by atoms with Crippen LogP contribution in [0.1, 0.15) is 17.2 Å². The van der Waals surface area contributed by atoms with E-state index in [2.05, 4.69) is 30.8 Å². The lowest BCUT2D eigenvalue weighted by atomic mass is 9.99. The maximum absolute atomic E-state index is 12.2. The van der Waals surface area contributed by atoms with Crippen molar-refractivity contribution in [3.8, 4) is 0 Å². The summed E-state index contributed by atoms with van der Waals surface area (Å²) in [5.41, 5.74) is 3.64. The van der Waals surface area contributed by atoms with Crippen molar-refractivity contribution in [3.63, 3.8) is 0 Å². The summed E-state index contributed by atoms with van der Waals surface area (Å²) in [6, 6.07) is 35.5. The second-order valence-electron chi connectivity index (χ2n) is 8.28. The third-order valence-corrected chi connectivity index (χ3v) is 5.72. The Morgan fingerprint density at radius 1 is 0.658 bits per heavy atom. The van der Waals surface area contributed by atoms with Gasteiger partial charge < -0.3 is 10.6 Å². The maximum Gasteiger partial charge on any atom is 0.353 e. The fourth-order valence-corrected chi connectivity index (χ4v) is 3.89. The average Bonchev–Trinajstić information content (AvgIpc) is 2.97. The van der Waals surface area contributed by atoms with Crippen LogP contribution in [0.5, 0.6) is 0 Å². The molecule has 9 heteroatoms. The van der Waals surface area contributed by atoms with E-state index >= 15 is 0 Å². The molecule has 0 aliphatic rings. The Bertz CT molecular complexity index is 1490. The number of rotatable bonds is 9. The van der Waals surface area contributed by atoms with E-state index in [4.69, 9.17) is 0 Å². The van der Waals surface area contributed by atoms with Gasteiger partial charge in [-0.3, -0.25) is 10.1 Å². The predicted octanol–water partition coefficient (Wildman–Crippen LogP) is 7.75. The normalized spacial score (nSPS) is 11.0. The van der Waals surface area contributed by atoms with Gasteiger partial charge in [0.15, 0.2) is 0 Å². The highest BCUT2D eigenvalue weighted by molar-refractivity contribution is 5.74. The van der Waals surface area contributed by atoms with Gasteiger partial charge in [-0.25, -0.2) is 9.97 Å². The Hall–Kier alpha value is -5.44. The molecule has 4 aromatic carbocycles. The fraction of sp³-hybridized carbons (Fsp3) is 0.0345. The van der Waals surface area contributed by atoms with Gasteiger partial charge in [-0.1, -0.05) is 78.9 Å². The van der Waals surface area contributed by atoms with Gasteiger partial charge >= 0.3 is 5.69 Å². The first-order valence-electron chi connectivity index (χ1n) is 11.9. The summed E-state index contributed by atoms with van der Waals surface area (Å²) in [7, 11) is 0. The number of benzene rings is 4. The highest BCUT2D eigenvalue weighted by Crippen LogP contribution is 2.35. The molecule has 9 nitrogen and oxygen atoms in total. The van der Waals surface area contributed by atoms with Crippen LogP contribution in [0, 0.1) is 10.1 Å². The Kier molecular flexibility index (Phi) is 7.36. The van der Waals surface area contributed by atoms with E-state index in [-0.39, 0.29) is 23.4 Å². The third kappa shape index (κ3) is 5.85. The molecule has 38 heavy (non-hydrogen) atoms.